The standard InChI is InChI=1S/C16H21N3O.C10H15N.C2H6.CH2O/c1-5-12(3)19(6-2)16(17-4)20-14-8-7-13-9-10-18-15(13)11-14;1-7-4-8(2)6-10(5-7)9(3)11;2*1-2/h7-11,18H,3,5-6H2,1-2,4H3;4-6,9H,11H2,1-3H3;1-2H3;1H2. The Labute approximate surface area is 211 Å². The first-order valence-corrected chi connectivity index (χ1v) is 12.1. The second-order valence-corrected chi connectivity index (χ2v) is 7.71. The first-order chi connectivity index (χ1) is 16.8. The number of nitrogens with one attached hydrogen (secondary N) is 1. The SMILES string of the molecule is C=C(CC)N(CC)C(=NC)Oc1ccc2cc[nH]c2c1.C=O.CC.Cc1cc(C)cc(C(C)N)c1. The predicted octanol–water partition coefficient (Wildman–Crippen LogP) is 6.94. The summed E-state index contributed by atoms with van der Waals surface area (Å²) in [5.41, 5.74) is 11.6. The number of rotatable bonds is 5. The van der Waals surface area contributed by atoms with E-state index in [4.69, 9.17) is 15.3 Å². The Morgan fingerprint density at radius 2 is 1.69 bits per heavy atom. The van der Waals surface area contributed by atoms with Gasteiger partial charge in [0.25, 0.3) is 6.02 Å². The molecule has 3 rings (SSSR count). The zero-order chi connectivity index (χ0) is 27.0. The van der Waals surface area contributed by atoms with Crippen molar-refractivity contribution in [1.29, 1.82) is 0 Å². The molecule has 0 bridgehead atoms. The summed E-state index contributed by atoms with van der Waals surface area (Å²) in [4.78, 5) is 17.4. The minimum Gasteiger partial charge on any atom is -0.426 e. The van der Waals surface area contributed by atoms with Crippen LogP contribution in [0.5, 0.6) is 5.75 Å². The van der Waals surface area contributed by atoms with Gasteiger partial charge >= 0.3 is 0 Å². The number of nitrogens with two attached hydrogens (primary N) is 1. The van der Waals surface area contributed by atoms with Gasteiger partial charge in [-0.1, -0.05) is 56.7 Å². The molecule has 1 atom stereocenters. The van der Waals surface area contributed by atoms with Crippen molar-refractivity contribution in [2.45, 2.75) is 60.9 Å². The number of hydrogen-bond donors (Lipinski definition) is 2. The van der Waals surface area contributed by atoms with E-state index in [1.54, 1.807) is 7.05 Å². The van der Waals surface area contributed by atoms with Crippen molar-refractivity contribution >= 4 is 23.7 Å². The van der Waals surface area contributed by atoms with E-state index < -0.39 is 0 Å². The van der Waals surface area contributed by atoms with Crippen molar-refractivity contribution in [2.75, 3.05) is 13.6 Å². The van der Waals surface area contributed by atoms with Gasteiger partial charge in [0.05, 0.1) is 0 Å². The molecule has 0 saturated carbocycles. The highest BCUT2D eigenvalue weighted by atomic mass is 16.5. The van der Waals surface area contributed by atoms with Gasteiger partial charge in [0.15, 0.2) is 0 Å². The summed E-state index contributed by atoms with van der Waals surface area (Å²) < 4.78 is 5.91. The van der Waals surface area contributed by atoms with Crippen molar-refractivity contribution in [1.82, 2.24) is 9.88 Å². The normalized spacial score (nSPS) is 11.1. The second-order valence-electron chi connectivity index (χ2n) is 7.71. The highest BCUT2D eigenvalue weighted by molar-refractivity contribution is 5.83. The number of nitrogens with zero attached hydrogens (tertiary/aromatic N) is 2. The van der Waals surface area contributed by atoms with Gasteiger partial charge in [-0.05, 0) is 63.3 Å². The van der Waals surface area contributed by atoms with Crippen molar-refractivity contribution < 1.29 is 9.53 Å². The molecule has 0 aliphatic carbocycles. The van der Waals surface area contributed by atoms with E-state index in [1.807, 2.05) is 62.9 Å². The number of hydrogen-bond acceptors (Lipinski definition) is 4. The highest BCUT2D eigenvalue weighted by Gasteiger charge is 2.14. The summed E-state index contributed by atoms with van der Waals surface area (Å²) in [5, 5.41) is 1.16. The molecule has 0 aliphatic rings. The summed E-state index contributed by atoms with van der Waals surface area (Å²) in [6.45, 7) is 21.2. The van der Waals surface area contributed by atoms with Crippen LogP contribution in [0.1, 0.15) is 63.8 Å². The molecule has 3 aromatic rings. The van der Waals surface area contributed by atoms with Crippen LogP contribution >= 0.6 is 0 Å². The molecule has 2 aromatic carbocycles. The maximum absolute atomic E-state index is 8.00. The summed E-state index contributed by atoms with van der Waals surface area (Å²) in [6, 6.07) is 15.1. The third-order valence-electron chi connectivity index (χ3n) is 5.03. The number of aryl methyl sites for hydroxylation is 2. The fraction of sp³-hybridized carbons (Fsp3) is 0.379. The number of benzene rings is 2. The van der Waals surface area contributed by atoms with Crippen LogP contribution in [-0.4, -0.2) is 36.3 Å². The number of H-pyrrole nitrogens is 1. The molecule has 0 saturated heterocycles. The summed E-state index contributed by atoms with van der Waals surface area (Å²) in [6.07, 6.45) is 2.78. The van der Waals surface area contributed by atoms with Gasteiger partial charge in [0.2, 0.25) is 0 Å². The van der Waals surface area contributed by atoms with E-state index >= 15 is 0 Å². The lowest BCUT2D eigenvalue weighted by molar-refractivity contribution is -0.0980. The molecule has 35 heavy (non-hydrogen) atoms. The molecular weight excluding hydrogens is 436 g/mol. The molecule has 1 aromatic heterocycles. The van der Waals surface area contributed by atoms with Crippen LogP contribution in [0, 0.1) is 13.8 Å². The molecule has 0 radical (unpaired) electrons. The lowest BCUT2D eigenvalue weighted by Crippen LogP contribution is -2.33. The first kappa shape index (κ1) is 31.6. The number of carbonyl (C=O) groups is 1. The molecule has 6 heteroatoms. The Bertz CT molecular complexity index is 1030. The fourth-order valence-corrected chi connectivity index (χ4v) is 3.38. The Kier molecular flexibility index (Phi) is 15.5. The molecule has 0 amide bonds. The third kappa shape index (κ3) is 10.2. The van der Waals surface area contributed by atoms with Crippen LogP contribution in [0.15, 0.2) is 65.9 Å². The number of fused-ring (bicyclic) bond motifs is 1. The molecule has 6 nitrogen and oxygen atoms in total. The molecule has 192 valence electrons. The molecule has 0 aliphatic heterocycles. The summed E-state index contributed by atoms with van der Waals surface area (Å²) in [7, 11) is 1.73. The van der Waals surface area contributed by atoms with Crippen molar-refractivity contribution in [2.24, 2.45) is 10.7 Å². The maximum atomic E-state index is 8.00. The van der Waals surface area contributed by atoms with Gasteiger partial charge < -0.3 is 25.1 Å². The van der Waals surface area contributed by atoms with Gasteiger partial charge in [0.1, 0.15) is 12.5 Å². The van der Waals surface area contributed by atoms with Crippen molar-refractivity contribution in [3.05, 3.63) is 77.6 Å². The molecule has 1 heterocycles. The largest absolute Gasteiger partial charge is 0.426 e. The number of carbonyl (C=O) groups excluding carboxylic acids is 1. The highest BCUT2D eigenvalue weighted by Crippen LogP contribution is 2.21. The number of amidine groups is 1. The van der Waals surface area contributed by atoms with Crippen molar-refractivity contribution in [3.63, 3.8) is 0 Å². The van der Waals surface area contributed by atoms with Gasteiger partial charge in [0, 0.05) is 43.1 Å². The maximum Gasteiger partial charge on any atom is 0.296 e. The minimum absolute atomic E-state index is 0.147. The Hall–Kier alpha value is -3.38. The van der Waals surface area contributed by atoms with Gasteiger partial charge in [-0.25, -0.2) is 4.99 Å². The number of aromatic nitrogens is 1. The van der Waals surface area contributed by atoms with Crippen LogP contribution in [0.25, 0.3) is 10.9 Å². The molecule has 1 unspecified atom stereocenters. The minimum atomic E-state index is 0.147. The van der Waals surface area contributed by atoms with Crippen LogP contribution in [0.3, 0.4) is 0 Å². The summed E-state index contributed by atoms with van der Waals surface area (Å²) in [5.74, 6) is 0.767. The van der Waals surface area contributed by atoms with E-state index in [2.05, 4.69) is 62.4 Å². The average Bonchev–Trinajstić information content (AvgIpc) is 3.34. The summed E-state index contributed by atoms with van der Waals surface area (Å²) >= 11 is 0. The third-order valence-corrected chi connectivity index (χ3v) is 5.03. The van der Waals surface area contributed by atoms with Gasteiger partial charge in [-0.2, -0.15) is 0 Å². The van der Waals surface area contributed by atoms with E-state index in [-0.39, 0.29) is 6.04 Å². The predicted molar refractivity (Wildman–Crippen MR) is 151 cm³/mol. The number of ether oxygens (including phenoxy) is 1. The molecule has 3 N–H and O–H groups in total. The number of aliphatic imine (C=N–C) groups is 1. The lowest BCUT2D eigenvalue weighted by atomic mass is 10.0. The van der Waals surface area contributed by atoms with Crippen LogP contribution in [0.4, 0.5) is 0 Å². The first-order valence-electron chi connectivity index (χ1n) is 12.1. The topological polar surface area (TPSA) is 83.7 Å². The van der Waals surface area contributed by atoms with E-state index in [0.717, 1.165) is 35.3 Å². The monoisotopic (exact) mass is 480 g/mol. The Morgan fingerprint density at radius 1 is 1.09 bits per heavy atom. The second kappa shape index (κ2) is 17.1. The van der Waals surface area contributed by atoms with E-state index in [0.29, 0.717) is 6.02 Å². The smallest absolute Gasteiger partial charge is 0.296 e. The lowest BCUT2D eigenvalue weighted by Gasteiger charge is -2.25. The quantitative estimate of drug-likeness (QED) is 0.306. The zero-order valence-corrected chi connectivity index (χ0v) is 22.8. The van der Waals surface area contributed by atoms with Crippen LogP contribution in [0.2, 0.25) is 0 Å². The number of allylic oxidation sites excluding steroid dienone is 1. The van der Waals surface area contributed by atoms with Gasteiger partial charge in [-0.3, -0.25) is 0 Å². The average molecular weight is 481 g/mol. The fourth-order valence-electron chi connectivity index (χ4n) is 3.38. The van der Waals surface area contributed by atoms with Crippen LogP contribution in [-0.2, 0) is 4.79 Å². The molecule has 0 fully saturated rings. The molecule has 0 spiro atoms. The van der Waals surface area contributed by atoms with Crippen molar-refractivity contribution in [3.8, 4) is 5.75 Å². The zero-order valence-electron chi connectivity index (χ0n) is 22.8. The Balaban J connectivity index is 0.000000652. The van der Waals surface area contributed by atoms with Gasteiger partial charge in [-0.15, -0.1) is 0 Å². The molecular formula is C29H44N4O2. The van der Waals surface area contributed by atoms with E-state index in [9.17, 15) is 0 Å². The number of aromatic amines is 1. The Morgan fingerprint density at radius 3 is 2.17 bits per heavy atom. The van der Waals surface area contributed by atoms with E-state index in [1.165, 1.54) is 16.7 Å². The van der Waals surface area contributed by atoms with Crippen LogP contribution < -0.4 is 10.5 Å².